The smallest absolute Gasteiger partial charge is 0.254 e. The highest BCUT2D eigenvalue weighted by molar-refractivity contribution is 7.96. The van der Waals surface area contributed by atoms with E-state index in [1.54, 1.807) is 25.3 Å². The summed E-state index contributed by atoms with van der Waals surface area (Å²) < 4.78 is 27.7. The molecule has 0 bridgehead atoms. The molecule has 1 aromatic heterocycles. The number of halogens is 1. The molecule has 0 radical (unpaired) electrons. The van der Waals surface area contributed by atoms with Crippen LogP contribution in [0.25, 0.3) is 0 Å². The molecule has 38 heavy (non-hydrogen) atoms. The SMILES string of the molecule is COC1CN(C(=O)c2cc(C)ccc2C)CC1Oc1cccc(CSN2CCCC2c2ccc(F)nc2)c1. The van der Waals surface area contributed by atoms with Crippen LogP contribution in [0.15, 0.2) is 60.8 Å². The minimum atomic E-state index is -0.446. The Labute approximate surface area is 228 Å². The van der Waals surface area contributed by atoms with Gasteiger partial charge in [0.2, 0.25) is 5.95 Å². The minimum Gasteiger partial charge on any atom is -0.486 e. The van der Waals surface area contributed by atoms with Crippen LogP contribution < -0.4 is 4.74 Å². The topological polar surface area (TPSA) is 54.9 Å². The number of methoxy groups -OCH3 is 1. The molecule has 200 valence electrons. The molecule has 0 spiro atoms. The summed E-state index contributed by atoms with van der Waals surface area (Å²) in [5.74, 6) is 1.15. The van der Waals surface area contributed by atoms with Crippen molar-refractivity contribution in [3.63, 3.8) is 0 Å². The molecule has 6 nitrogen and oxygen atoms in total. The lowest BCUT2D eigenvalue weighted by Gasteiger charge is -2.23. The zero-order valence-electron chi connectivity index (χ0n) is 22.1. The van der Waals surface area contributed by atoms with Crippen molar-refractivity contribution in [2.45, 2.75) is 50.7 Å². The number of aryl methyl sites for hydroxylation is 2. The van der Waals surface area contributed by atoms with Crippen molar-refractivity contribution in [1.29, 1.82) is 0 Å². The molecule has 2 aromatic carbocycles. The Bertz CT molecular complexity index is 1270. The monoisotopic (exact) mass is 535 g/mol. The fraction of sp³-hybridized carbons (Fsp3) is 0.400. The number of carbonyl (C=O) groups is 1. The lowest BCUT2D eigenvalue weighted by molar-refractivity contribution is 0.0339. The number of likely N-dealkylation sites (tertiary alicyclic amines) is 1. The third kappa shape index (κ3) is 6.03. The second kappa shape index (κ2) is 11.8. The van der Waals surface area contributed by atoms with E-state index in [4.69, 9.17) is 9.47 Å². The quantitative estimate of drug-likeness (QED) is 0.271. The van der Waals surface area contributed by atoms with Gasteiger partial charge in [-0.05, 0) is 67.6 Å². The Hall–Kier alpha value is -2.94. The van der Waals surface area contributed by atoms with Gasteiger partial charge in [-0.2, -0.15) is 4.39 Å². The third-order valence-corrected chi connectivity index (χ3v) is 8.58. The van der Waals surface area contributed by atoms with E-state index in [2.05, 4.69) is 21.4 Å². The molecule has 2 aliphatic rings. The Kier molecular flexibility index (Phi) is 8.31. The number of hydrogen-bond acceptors (Lipinski definition) is 6. The van der Waals surface area contributed by atoms with Gasteiger partial charge in [-0.15, -0.1) is 0 Å². The number of amides is 1. The predicted octanol–water partition coefficient (Wildman–Crippen LogP) is 5.74. The van der Waals surface area contributed by atoms with Gasteiger partial charge in [0.15, 0.2) is 0 Å². The van der Waals surface area contributed by atoms with E-state index in [0.717, 1.165) is 58.7 Å². The highest BCUT2D eigenvalue weighted by Gasteiger charge is 2.38. The predicted molar refractivity (Wildman–Crippen MR) is 148 cm³/mol. The number of ether oxygens (including phenoxy) is 2. The van der Waals surface area contributed by atoms with Gasteiger partial charge >= 0.3 is 0 Å². The van der Waals surface area contributed by atoms with Crippen LogP contribution >= 0.6 is 11.9 Å². The average Bonchev–Trinajstić information content (AvgIpc) is 3.56. The minimum absolute atomic E-state index is 0.0148. The van der Waals surface area contributed by atoms with Gasteiger partial charge in [0.1, 0.15) is 18.0 Å². The second-order valence-electron chi connectivity index (χ2n) is 10.1. The van der Waals surface area contributed by atoms with E-state index in [1.807, 2.05) is 55.1 Å². The molecule has 2 fully saturated rings. The maximum atomic E-state index is 13.3. The van der Waals surface area contributed by atoms with Crippen LogP contribution in [-0.2, 0) is 10.5 Å². The third-order valence-electron chi connectivity index (χ3n) is 7.35. The molecule has 5 rings (SSSR count). The van der Waals surface area contributed by atoms with Crippen LogP contribution in [-0.4, -0.2) is 59.0 Å². The first-order valence-electron chi connectivity index (χ1n) is 13.1. The number of aromatic nitrogens is 1. The molecule has 0 N–H and O–H groups in total. The summed E-state index contributed by atoms with van der Waals surface area (Å²) in [7, 11) is 1.67. The molecule has 3 unspecified atom stereocenters. The van der Waals surface area contributed by atoms with Crippen LogP contribution in [0.5, 0.6) is 5.75 Å². The second-order valence-corrected chi connectivity index (χ2v) is 11.1. The fourth-order valence-corrected chi connectivity index (χ4v) is 6.40. The van der Waals surface area contributed by atoms with Gasteiger partial charge in [-0.3, -0.25) is 4.79 Å². The normalized spacial score (nSPS) is 21.7. The van der Waals surface area contributed by atoms with E-state index < -0.39 is 5.95 Å². The van der Waals surface area contributed by atoms with Gasteiger partial charge in [0.05, 0.1) is 13.1 Å². The number of nitrogens with zero attached hydrogens (tertiary/aromatic N) is 3. The summed E-state index contributed by atoms with van der Waals surface area (Å²) in [6, 6.07) is 17.6. The zero-order chi connectivity index (χ0) is 26.6. The lowest BCUT2D eigenvalue weighted by Crippen LogP contribution is -2.32. The lowest BCUT2D eigenvalue weighted by atomic mass is 10.0. The van der Waals surface area contributed by atoms with Crippen LogP contribution in [0.3, 0.4) is 0 Å². The van der Waals surface area contributed by atoms with E-state index in [0.29, 0.717) is 13.1 Å². The zero-order valence-corrected chi connectivity index (χ0v) is 22.9. The van der Waals surface area contributed by atoms with Gasteiger partial charge in [-0.25, -0.2) is 9.29 Å². The first kappa shape index (κ1) is 26.7. The molecule has 0 saturated carbocycles. The number of rotatable bonds is 8. The van der Waals surface area contributed by atoms with Crippen molar-refractivity contribution in [1.82, 2.24) is 14.2 Å². The molecule has 3 aromatic rings. The molecular weight excluding hydrogens is 501 g/mol. The Balaban J connectivity index is 1.21. The average molecular weight is 536 g/mol. The van der Waals surface area contributed by atoms with Crippen molar-refractivity contribution < 1.29 is 18.7 Å². The van der Waals surface area contributed by atoms with Crippen molar-refractivity contribution in [3.05, 3.63) is 94.6 Å². The Morgan fingerprint density at radius 3 is 2.74 bits per heavy atom. The number of pyridine rings is 1. The van der Waals surface area contributed by atoms with E-state index in [1.165, 1.54) is 6.07 Å². The molecule has 8 heteroatoms. The summed E-state index contributed by atoms with van der Waals surface area (Å²) in [6.45, 7) is 5.93. The molecular formula is C30H34FN3O3S. The van der Waals surface area contributed by atoms with E-state index in [-0.39, 0.29) is 24.2 Å². The van der Waals surface area contributed by atoms with Crippen molar-refractivity contribution in [2.75, 3.05) is 26.7 Å². The standard InChI is InChI=1S/C30H34FN3O3S/c1-20-9-10-21(2)25(14-20)30(35)33-17-27(36-3)28(18-33)37-24-7-4-6-22(15-24)19-38-34-13-5-8-26(34)23-11-12-29(31)32-16-23/h4,6-7,9-12,14-16,26-28H,5,8,13,17-19H2,1-3H3. The first-order chi connectivity index (χ1) is 18.4. The fourth-order valence-electron chi connectivity index (χ4n) is 5.24. The molecule has 1 amide bonds. The maximum Gasteiger partial charge on any atom is 0.254 e. The van der Waals surface area contributed by atoms with Crippen molar-refractivity contribution >= 4 is 17.9 Å². The number of hydrogen-bond donors (Lipinski definition) is 0. The first-order valence-corrected chi connectivity index (χ1v) is 14.0. The van der Waals surface area contributed by atoms with E-state index >= 15 is 0 Å². The highest BCUT2D eigenvalue weighted by atomic mass is 32.2. The van der Waals surface area contributed by atoms with Crippen LogP contribution in [0.2, 0.25) is 0 Å². The van der Waals surface area contributed by atoms with Gasteiger partial charge < -0.3 is 14.4 Å². The Morgan fingerprint density at radius 2 is 1.95 bits per heavy atom. The summed E-state index contributed by atoms with van der Waals surface area (Å²) in [5, 5.41) is 0. The number of carbonyl (C=O) groups excluding carboxylic acids is 1. The summed E-state index contributed by atoms with van der Waals surface area (Å²) in [6.07, 6.45) is 3.36. The van der Waals surface area contributed by atoms with Crippen molar-refractivity contribution in [3.8, 4) is 5.75 Å². The molecule has 2 aliphatic heterocycles. The maximum absolute atomic E-state index is 13.3. The van der Waals surface area contributed by atoms with Gasteiger partial charge in [0.25, 0.3) is 5.91 Å². The molecule has 2 saturated heterocycles. The molecule has 3 heterocycles. The largest absolute Gasteiger partial charge is 0.486 e. The summed E-state index contributed by atoms with van der Waals surface area (Å²) in [5.41, 5.74) is 4.99. The van der Waals surface area contributed by atoms with Crippen LogP contribution in [0.4, 0.5) is 4.39 Å². The highest BCUT2D eigenvalue weighted by Crippen LogP contribution is 2.38. The Morgan fingerprint density at radius 1 is 1.11 bits per heavy atom. The van der Waals surface area contributed by atoms with E-state index in [9.17, 15) is 9.18 Å². The summed E-state index contributed by atoms with van der Waals surface area (Å²) in [4.78, 5) is 18.9. The van der Waals surface area contributed by atoms with Gasteiger partial charge in [0, 0.05) is 37.2 Å². The van der Waals surface area contributed by atoms with Crippen LogP contribution in [0, 0.1) is 19.8 Å². The van der Waals surface area contributed by atoms with Gasteiger partial charge in [-0.1, -0.05) is 47.8 Å². The van der Waals surface area contributed by atoms with Crippen LogP contribution in [0.1, 0.15) is 51.5 Å². The molecule has 3 atom stereocenters. The summed E-state index contributed by atoms with van der Waals surface area (Å²) >= 11 is 1.78. The molecule has 0 aliphatic carbocycles. The van der Waals surface area contributed by atoms with Crippen molar-refractivity contribution in [2.24, 2.45) is 0 Å². The number of benzene rings is 2.